The average molecular weight is 258 g/mol. The van der Waals surface area contributed by atoms with Crippen molar-refractivity contribution in [3.05, 3.63) is 35.5 Å². The predicted octanol–water partition coefficient (Wildman–Crippen LogP) is 2.97. The fourth-order valence-corrected chi connectivity index (χ4v) is 2.65. The van der Waals surface area contributed by atoms with Gasteiger partial charge in [-0.2, -0.15) is 0 Å². The number of hydrogen-bond donors (Lipinski definition) is 0. The Morgan fingerprint density at radius 2 is 2.06 bits per heavy atom. The van der Waals surface area contributed by atoms with Gasteiger partial charge in [0.1, 0.15) is 5.75 Å². The summed E-state index contributed by atoms with van der Waals surface area (Å²) in [5.41, 5.74) is 4.85. The lowest BCUT2D eigenvalue weighted by Crippen LogP contribution is -2.07. The molecule has 0 aliphatic heterocycles. The van der Waals surface area contributed by atoms with Crippen molar-refractivity contribution in [2.45, 2.75) is 18.0 Å². The van der Waals surface area contributed by atoms with Crippen LogP contribution < -0.4 is 4.74 Å². The Labute approximate surface area is 111 Å². The maximum Gasteiger partial charge on any atom is 0.187 e. The summed E-state index contributed by atoms with van der Waals surface area (Å²) in [6, 6.07) is 6.21. The van der Waals surface area contributed by atoms with Crippen LogP contribution >= 0.6 is 11.8 Å². The number of benzene rings is 1. The Hall–Kier alpha value is -1.55. The Bertz CT molecular complexity index is 598. The maximum atomic E-state index is 5.28. The summed E-state index contributed by atoms with van der Waals surface area (Å²) in [5, 5.41) is 0.831. The minimum Gasteiger partial charge on any atom is -0.497 e. The minimum atomic E-state index is 0.831. The number of aryl methyl sites for hydroxylation is 2. The molecule has 0 unspecified atom stereocenters. The Kier molecular flexibility index (Phi) is 2.96. The van der Waals surface area contributed by atoms with Gasteiger partial charge in [-0.3, -0.25) is 0 Å². The summed E-state index contributed by atoms with van der Waals surface area (Å²) in [7, 11) is 1.70. The zero-order valence-electron chi connectivity index (χ0n) is 10.4. The van der Waals surface area contributed by atoms with E-state index in [1.807, 2.05) is 18.5 Å². The third-order valence-corrected chi connectivity index (χ3v) is 3.82. The van der Waals surface area contributed by atoms with Crippen LogP contribution in [0.25, 0.3) is 11.3 Å². The van der Waals surface area contributed by atoms with Gasteiger partial charge in [0.05, 0.1) is 12.8 Å². The van der Waals surface area contributed by atoms with Crippen LogP contribution in [0.3, 0.4) is 0 Å². The summed E-state index contributed by atoms with van der Waals surface area (Å²) in [4.78, 5) is 8.98. The molecule has 1 aromatic carbocycles. The van der Waals surface area contributed by atoms with Gasteiger partial charge in [-0.05, 0) is 48.4 Å². The second-order valence-electron chi connectivity index (χ2n) is 4.25. The molecule has 1 aliphatic carbocycles. The number of fused-ring (bicyclic) bond motifs is 3. The highest BCUT2D eigenvalue weighted by Gasteiger charge is 2.18. The van der Waals surface area contributed by atoms with Gasteiger partial charge in [0, 0.05) is 11.8 Å². The van der Waals surface area contributed by atoms with Crippen molar-refractivity contribution >= 4 is 11.8 Å². The van der Waals surface area contributed by atoms with Crippen molar-refractivity contribution in [2.24, 2.45) is 0 Å². The van der Waals surface area contributed by atoms with Gasteiger partial charge in [-0.15, -0.1) is 0 Å². The standard InChI is InChI=1S/C14H14N2OS/c1-17-11-5-6-12-9(7-11)3-4-10-8-15-14(18-2)16-13(10)12/h5-8H,3-4H2,1-2H3. The summed E-state index contributed by atoms with van der Waals surface area (Å²) < 4.78 is 5.28. The van der Waals surface area contributed by atoms with E-state index in [1.165, 1.54) is 16.7 Å². The van der Waals surface area contributed by atoms with Crippen LogP contribution in [0.2, 0.25) is 0 Å². The van der Waals surface area contributed by atoms with Crippen molar-refractivity contribution in [3.63, 3.8) is 0 Å². The Morgan fingerprint density at radius 1 is 1.22 bits per heavy atom. The number of rotatable bonds is 2. The zero-order valence-corrected chi connectivity index (χ0v) is 11.3. The lowest BCUT2D eigenvalue weighted by molar-refractivity contribution is 0.414. The first-order valence-electron chi connectivity index (χ1n) is 5.89. The Balaban J connectivity index is 2.15. The molecule has 0 radical (unpaired) electrons. The largest absolute Gasteiger partial charge is 0.497 e. The molecular weight excluding hydrogens is 244 g/mol. The molecule has 18 heavy (non-hydrogen) atoms. The van der Waals surface area contributed by atoms with E-state index in [0.29, 0.717) is 0 Å². The van der Waals surface area contributed by atoms with Crippen LogP contribution in [-0.4, -0.2) is 23.3 Å². The monoisotopic (exact) mass is 258 g/mol. The lowest BCUT2D eigenvalue weighted by Gasteiger charge is -2.19. The van der Waals surface area contributed by atoms with E-state index < -0.39 is 0 Å². The molecule has 0 bridgehead atoms. The highest BCUT2D eigenvalue weighted by atomic mass is 32.2. The van der Waals surface area contributed by atoms with Crippen LogP contribution in [0.1, 0.15) is 11.1 Å². The average Bonchev–Trinajstić information content (AvgIpc) is 2.45. The van der Waals surface area contributed by atoms with Gasteiger partial charge in [0.25, 0.3) is 0 Å². The van der Waals surface area contributed by atoms with E-state index in [0.717, 1.165) is 29.4 Å². The Morgan fingerprint density at radius 3 is 2.83 bits per heavy atom. The zero-order chi connectivity index (χ0) is 12.5. The summed E-state index contributed by atoms with van der Waals surface area (Å²) in [6.07, 6.45) is 5.99. The fraction of sp³-hybridized carbons (Fsp3) is 0.286. The van der Waals surface area contributed by atoms with Crippen LogP contribution in [-0.2, 0) is 12.8 Å². The molecule has 0 saturated carbocycles. The van der Waals surface area contributed by atoms with Crippen molar-refractivity contribution in [2.75, 3.05) is 13.4 Å². The first-order chi connectivity index (χ1) is 8.81. The smallest absolute Gasteiger partial charge is 0.187 e. The second kappa shape index (κ2) is 4.61. The van der Waals surface area contributed by atoms with Crippen LogP contribution in [0, 0.1) is 0 Å². The van der Waals surface area contributed by atoms with Crippen molar-refractivity contribution in [1.82, 2.24) is 9.97 Å². The number of thioether (sulfide) groups is 1. The SMILES string of the molecule is COc1ccc2c(c1)CCc1cnc(SC)nc1-2. The van der Waals surface area contributed by atoms with Gasteiger partial charge >= 0.3 is 0 Å². The molecule has 92 valence electrons. The lowest BCUT2D eigenvalue weighted by atomic mass is 9.90. The molecule has 0 spiro atoms. The van der Waals surface area contributed by atoms with Gasteiger partial charge in [0.15, 0.2) is 5.16 Å². The highest BCUT2D eigenvalue weighted by Crippen LogP contribution is 2.34. The molecule has 4 heteroatoms. The topological polar surface area (TPSA) is 35.0 Å². The number of aromatic nitrogens is 2. The predicted molar refractivity (Wildman–Crippen MR) is 73.2 cm³/mol. The number of methoxy groups -OCH3 is 1. The van der Waals surface area contributed by atoms with E-state index >= 15 is 0 Å². The van der Waals surface area contributed by atoms with Crippen molar-refractivity contribution in [1.29, 1.82) is 0 Å². The summed E-state index contributed by atoms with van der Waals surface area (Å²) in [5.74, 6) is 0.913. The molecule has 0 saturated heterocycles. The summed E-state index contributed by atoms with van der Waals surface area (Å²) >= 11 is 1.58. The first-order valence-corrected chi connectivity index (χ1v) is 7.11. The minimum absolute atomic E-state index is 0.831. The maximum absolute atomic E-state index is 5.28. The molecule has 1 heterocycles. The van der Waals surface area contributed by atoms with Gasteiger partial charge in [0.2, 0.25) is 0 Å². The van der Waals surface area contributed by atoms with Crippen LogP contribution in [0.15, 0.2) is 29.6 Å². The first kappa shape index (κ1) is 11.5. The molecule has 3 nitrogen and oxygen atoms in total. The molecule has 0 amide bonds. The second-order valence-corrected chi connectivity index (χ2v) is 5.03. The third-order valence-electron chi connectivity index (χ3n) is 3.26. The molecule has 2 aromatic rings. The normalized spacial score (nSPS) is 12.8. The van der Waals surface area contributed by atoms with Crippen molar-refractivity contribution in [3.8, 4) is 17.0 Å². The van der Waals surface area contributed by atoms with Crippen LogP contribution in [0.5, 0.6) is 5.75 Å². The van der Waals surface area contributed by atoms with E-state index in [2.05, 4.69) is 22.1 Å². The van der Waals surface area contributed by atoms with Gasteiger partial charge < -0.3 is 4.74 Å². The molecule has 0 N–H and O–H groups in total. The third kappa shape index (κ3) is 1.86. The van der Waals surface area contributed by atoms with E-state index in [-0.39, 0.29) is 0 Å². The molecule has 0 fully saturated rings. The number of ether oxygens (including phenoxy) is 1. The van der Waals surface area contributed by atoms with Crippen molar-refractivity contribution < 1.29 is 4.74 Å². The van der Waals surface area contributed by atoms with Crippen LogP contribution in [0.4, 0.5) is 0 Å². The van der Waals surface area contributed by atoms with E-state index in [4.69, 9.17) is 4.74 Å². The fourth-order valence-electron chi connectivity index (χ4n) is 2.31. The molecular formula is C14H14N2OS. The molecule has 0 atom stereocenters. The van der Waals surface area contributed by atoms with E-state index in [1.54, 1.807) is 18.9 Å². The number of hydrogen-bond acceptors (Lipinski definition) is 4. The summed E-state index contributed by atoms with van der Waals surface area (Å²) in [6.45, 7) is 0. The molecule has 3 rings (SSSR count). The van der Waals surface area contributed by atoms with Gasteiger partial charge in [-0.1, -0.05) is 11.8 Å². The van der Waals surface area contributed by atoms with Gasteiger partial charge in [-0.25, -0.2) is 9.97 Å². The highest BCUT2D eigenvalue weighted by molar-refractivity contribution is 7.98. The quantitative estimate of drug-likeness (QED) is 0.613. The molecule has 1 aliphatic rings. The molecule has 1 aromatic heterocycles. The van der Waals surface area contributed by atoms with E-state index in [9.17, 15) is 0 Å². The number of nitrogens with zero attached hydrogens (tertiary/aromatic N) is 2.